The molecule has 1 heterocycles. The highest BCUT2D eigenvalue weighted by atomic mass is 19.4. The first-order chi connectivity index (χ1) is 17.9. The monoisotopic (exact) mass is 529 g/mol. The number of anilines is 1. The van der Waals surface area contributed by atoms with Crippen molar-refractivity contribution in [3.63, 3.8) is 0 Å². The molecule has 1 fully saturated rings. The van der Waals surface area contributed by atoms with E-state index in [1.165, 1.54) is 18.2 Å². The fraction of sp³-hybridized carbons (Fsp3) is 0.387. The molecule has 0 aliphatic carbocycles. The number of nitrogens with zero attached hydrogens (tertiary/aromatic N) is 1. The maximum atomic E-state index is 13.9. The van der Waals surface area contributed by atoms with Crippen LogP contribution in [0, 0.1) is 17.6 Å². The van der Waals surface area contributed by atoms with E-state index in [0.29, 0.717) is 30.8 Å². The van der Waals surface area contributed by atoms with Gasteiger partial charge in [0.15, 0.2) is 11.6 Å². The summed E-state index contributed by atoms with van der Waals surface area (Å²) < 4.78 is 66.8. The van der Waals surface area contributed by atoms with Crippen LogP contribution < -0.4 is 4.90 Å². The van der Waals surface area contributed by atoms with E-state index in [9.17, 15) is 26.7 Å². The van der Waals surface area contributed by atoms with Crippen LogP contribution in [0.3, 0.4) is 0 Å². The predicted molar refractivity (Wildman–Crippen MR) is 140 cm³/mol. The third kappa shape index (κ3) is 6.43. The van der Waals surface area contributed by atoms with Crippen molar-refractivity contribution in [2.45, 2.75) is 58.0 Å². The lowest BCUT2D eigenvalue weighted by Crippen LogP contribution is -2.34. The van der Waals surface area contributed by atoms with Crippen LogP contribution in [-0.4, -0.2) is 18.9 Å². The van der Waals surface area contributed by atoms with Crippen LogP contribution in [0.25, 0.3) is 11.1 Å². The maximum Gasteiger partial charge on any atom is 0.416 e. The highest BCUT2D eigenvalue weighted by Gasteiger charge is 2.30. The van der Waals surface area contributed by atoms with Gasteiger partial charge in [0.05, 0.1) is 5.56 Å². The second-order valence-corrected chi connectivity index (χ2v) is 10.6. The lowest BCUT2D eigenvalue weighted by atomic mass is 9.82. The largest absolute Gasteiger partial charge is 0.416 e. The van der Waals surface area contributed by atoms with Gasteiger partial charge in [-0.05, 0) is 78.6 Å². The van der Waals surface area contributed by atoms with Crippen molar-refractivity contribution < 1.29 is 26.7 Å². The third-order valence-electron chi connectivity index (χ3n) is 7.28. The molecule has 7 heteroatoms. The van der Waals surface area contributed by atoms with Gasteiger partial charge in [-0.1, -0.05) is 44.2 Å². The van der Waals surface area contributed by atoms with Crippen LogP contribution in [0.15, 0.2) is 60.7 Å². The number of carbonyl (C=O) groups excluding carboxylic acids is 1. The Morgan fingerprint density at radius 3 is 2.26 bits per heavy atom. The molecule has 0 bridgehead atoms. The summed E-state index contributed by atoms with van der Waals surface area (Å²) in [4.78, 5) is 14.7. The van der Waals surface area contributed by atoms with E-state index < -0.39 is 23.4 Å². The number of carbonyl (C=O) groups is 1. The molecule has 4 rings (SSSR count). The highest BCUT2D eigenvalue weighted by molar-refractivity contribution is 5.84. The van der Waals surface area contributed by atoms with Gasteiger partial charge in [0, 0.05) is 36.7 Å². The quantitative estimate of drug-likeness (QED) is 0.285. The Hall–Kier alpha value is -3.22. The Bertz CT molecular complexity index is 1280. The number of ketones is 1. The molecule has 0 spiro atoms. The van der Waals surface area contributed by atoms with Crippen molar-refractivity contribution in [1.29, 1.82) is 0 Å². The second kappa shape index (κ2) is 11.3. The summed E-state index contributed by atoms with van der Waals surface area (Å²) in [6, 6.07) is 14.9. The number of halogens is 5. The second-order valence-electron chi connectivity index (χ2n) is 10.6. The van der Waals surface area contributed by atoms with Gasteiger partial charge >= 0.3 is 6.18 Å². The molecule has 0 amide bonds. The Morgan fingerprint density at radius 1 is 0.947 bits per heavy atom. The van der Waals surface area contributed by atoms with Crippen LogP contribution in [-0.2, 0) is 11.0 Å². The Labute approximate surface area is 220 Å². The lowest BCUT2D eigenvalue weighted by molar-refractivity contribution is -0.137. The molecule has 0 radical (unpaired) electrons. The molecular formula is C31H32F5NO. The molecule has 3 aromatic rings. The van der Waals surface area contributed by atoms with Gasteiger partial charge in [-0.25, -0.2) is 8.78 Å². The molecule has 1 aliphatic rings. The molecule has 1 aliphatic heterocycles. The van der Waals surface area contributed by atoms with Gasteiger partial charge in [-0.15, -0.1) is 0 Å². The van der Waals surface area contributed by atoms with Gasteiger partial charge in [-0.3, -0.25) is 4.79 Å². The van der Waals surface area contributed by atoms with Gasteiger partial charge < -0.3 is 4.90 Å². The average molecular weight is 530 g/mol. The van der Waals surface area contributed by atoms with Gasteiger partial charge in [0.1, 0.15) is 5.78 Å². The molecule has 0 saturated carbocycles. The van der Waals surface area contributed by atoms with Crippen LogP contribution in [0.1, 0.15) is 68.6 Å². The number of Topliss-reactive ketones (excluding diaryl/α,β-unsaturated/α-hetero) is 1. The van der Waals surface area contributed by atoms with E-state index in [0.717, 1.165) is 47.7 Å². The van der Waals surface area contributed by atoms with Crippen molar-refractivity contribution in [3.8, 4) is 11.1 Å². The molecule has 0 aromatic heterocycles. The van der Waals surface area contributed by atoms with E-state index in [4.69, 9.17) is 0 Å². The van der Waals surface area contributed by atoms with E-state index >= 15 is 0 Å². The first kappa shape index (κ1) is 27.8. The number of rotatable bonds is 7. The van der Waals surface area contributed by atoms with Crippen LogP contribution in [0.4, 0.5) is 27.6 Å². The van der Waals surface area contributed by atoms with Crippen LogP contribution in [0.5, 0.6) is 0 Å². The summed E-state index contributed by atoms with van der Waals surface area (Å²) >= 11 is 0. The van der Waals surface area contributed by atoms with Crippen LogP contribution >= 0.6 is 0 Å². The summed E-state index contributed by atoms with van der Waals surface area (Å²) in [6.07, 6.45) is -2.05. The fourth-order valence-electron chi connectivity index (χ4n) is 5.31. The van der Waals surface area contributed by atoms with Crippen molar-refractivity contribution in [2.75, 3.05) is 18.0 Å². The Morgan fingerprint density at radius 2 is 1.66 bits per heavy atom. The van der Waals surface area contributed by atoms with Crippen molar-refractivity contribution >= 4 is 11.5 Å². The first-order valence-electron chi connectivity index (χ1n) is 13.0. The lowest BCUT2D eigenvalue weighted by Gasteiger charge is -2.35. The summed E-state index contributed by atoms with van der Waals surface area (Å²) in [5.41, 5.74) is 3.12. The van der Waals surface area contributed by atoms with Gasteiger partial charge in [0.25, 0.3) is 0 Å². The number of hydrogen-bond acceptors (Lipinski definition) is 2. The molecule has 1 saturated heterocycles. The van der Waals surface area contributed by atoms with E-state index in [1.54, 1.807) is 13.0 Å². The minimum Gasteiger partial charge on any atom is -0.371 e. The minimum atomic E-state index is -4.42. The SMILES string of the molecule is CC(=O)C(CC(C)C)c1cc(-c2ccc(C(F)(F)F)cc2)cc(C2CCCN(c3ccc(F)c(F)c3)C2)c1. The highest BCUT2D eigenvalue weighted by Crippen LogP contribution is 2.37. The zero-order chi connectivity index (χ0) is 27.6. The van der Waals surface area contributed by atoms with Gasteiger partial charge in [0.2, 0.25) is 0 Å². The maximum absolute atomic E-state index is 13.9. The minimum absolute atomic E-state index is 0.0428. The third-order valence-corrected chi connectivity index (χ3v) is 7.28. The van der Waals surface area contributed by atoms with Gasteiger partial charge in [-0.2, -0.15) is 13.2 Å². The standard InChI is InChI=1S/C31H32F5NO/c1-19(2)13-28(20(3)38)25-15-23(21-6-8-26(9-7-21)31(34,35)36)14-24(16-25)22-5-4-12-37(18-22)27-10-11-29(32)30(33)17-27/h6-11,14-17,19,22,28H,4-5,12-13,18H2,1-3H3. The first-order valence-corrected chi connectivity index (χ1v) is 13.0. The number of piperidine rings is 1. The smallest absolute Gasteiger partial charge is 0.371 e. The zero-order valence-electron chi connectivity index (χ0n) is 21.8. The predicted octanol–water partition coefficient (Wildman–Crippen LogP) is 8.75. The number of alkyl halides is 3. The summed E-state index contributed by atoms with van der Waals surface area (Å²) in [5, 5.41) is 0. The number of benzene rings is 3. The van der Waals surface area contributed by atoms with Crippen molar-refractivity contribution in [3.05, 3.63) is 89.0 Å². The summed E-state index contributed by atoms with van der Waals surface area (Å²) in [5.74, 6) is -1.74. The van der Waals surface area contributed by atoms with E-state index in [1.807, 2.05) is 23.1 Å². The fourth-order valence-corrected chi connectivity index (χ4v) is 5.31. The molecule has 2 unspecified atom stereocenters. The topological polar surface area (TPSA) is 20.3 Å². The van der Waals surface area contributed by atoms with Crippen LogP contribution in [0.2, 0.25) is 0 Å². The summed E-state index contributed by atoms with van der Waals surface area (Å²) in [7, 11) is 0. The van der Waals surface area contributed by atoms with Crippen molar-refractivity contribution in [1.82, 2.24) is 0 Å². The van der Waals surface area contributed by atoms with E-state index in [2.05, 4.69) is 13.8 Å². The molecule has 2 nitrogen and oxygen atoms in total. The Balaban J connectivity index is 1.74. The van der Waals surface area contributed by atoms with Crippen molar-refractivity contribution in [2.24, 2.45) is 5.92 Å². The molecule has 0 N–H and O–H groups in total. The zero-order valence-corrected chi connectivity index (χ0v) is 21.8. The average Bonchev–Trinajstić information content (AvgIpc) is 2.88. The molecule has 2 atom stereocenters. The number of hydrogen-bond donors (Lipinski definition) is 0. The molecular weight excluding hydrogens is 497 g/mol. The molecule has 38 heavy (non-hydrogen) atoms. The Kier molecular flexibility index (Phi) is 8.24. The summed E-state index contributed by atoms with van der Waals surface area (Å²) in [6.45, 7) is 6.96. The normalized spacial score (nSPS) is 17.1. The molecule has 202 valence electrons. The molecule has 3 aromatic carbocycles. The van der Waals surface area contributed by atoms with E-state index in [-0.39, 0.29) is 23.5 Å².